The molecule has 158 valence electrons. The van der Waals surface area contributed by atoms with E-state index in [-0.39, 0.29) is 0 Å². The zero-order chi connectivity index (χ0) is 21.2. The van der Waals surface area contributed by atoms with Crippen LogP contribution >= 0.6 is 11.8 Å². The molecule has 4 aromatic rings. The number of hydrogen-bond acceptors (Lipinski definition) is 1. The summed E-state index contributed by atoms with van der Waals surface area (Å²) in [7, 11) is 4.46. The van der Waals surface area contributed by atoms with Gasteiger partial charge in [-0.2, -0.15) is 0 Å². The van der Waals surface area contributed by atoms with Gasteiger partial charge < -0.3 is 9.13 Å². The van der Waals surface area contributed by atoms with Crippen molar-refractivity contribution in [2.45, 2.75) is 36.9 Å². The van der Waals surface area contributed by atoms with E-state index in [2.05, 4.69) is 89.1 Å². The van der Waals surface area contributed by atoms with Gasteiger partial charge in [-0.25, -0.2) is 0 Å². The molecule has 0 bridgehead atoms. The summed E-state index contributed by atoms with van der Waals surface area (Å²) in [5.41, 5.74) is 12.4. The molecule has 8 rings (SSSR count). The molecular formula is C29H26N2S. The zero-order valence-corrected chi connectivity index (χ0v) is 19.4. The van der Waals surface area contributed by atoms with Crippen LogP contribution in [0.3, 0.4) is 0 Å². The van der Waals surface area contributed by atoms with E-state index in [1.165, 1.54) is 52.9 Å². The number of rotatable bonds is 1. The van der Waals surface area contributed by atoms with Crippen LogP contribution in [0, 0.1) is 5.92 Å². The van der Waals surface area contributed by atoms with E-state index in [1.807, 2.05) is 0 Å². The van der Waals surface area contributed by atoms with Gasteiger partial charge in [0.2, 0.25) is 0 Å². The lowest BCUT2D eigenvalue weighted by Crippen LogP contribution is -2.14. The minimum Gasteiger partial charge on any atom is -0.351 e. The van der Waals surface area contributed by atoms with Crippen molar-refractivity contribution in [3.63, 3.8) is 0 Å². The SMILES string of the molecule is Cn1c(C23CC2C=CS3)cc2c1CCC1=C2CCc2c1ccc1c2ccc2c1ccn2C. The first-order valence-corrected chi connectivity index (χ1v) is 12.8. The van der Waals surface area contributed by atoms with Gasteiger partial charge in [0.05, 0.1) is 4.75 Å². The first-order chi connectivity index (χ1) is 15.7. The van der Waals surface area contributed by atoms with Crippen molar-refractivity contribution in [1.82, 2.24) is 9.13 Å². The largest absolute Gasteiger partial charge is 0.351 e. The summed E-state index contributed by atoms with van der Waals surface area (Å²) in [5, 5.41) is 6.58. The second kappa shape index (κ2) is 5.82. The van der Waals surface area contributed by atoms with Gasteiger partial charge in [-0.1, -0.05) is 24.3 Å². The number of aromatic nitrogens is 2. The van der Waals surface area contributed by atoms with Crippen molar-refractivity contribution in [2.75, 3.05) is 0 Å². The first-order valence-electron chi connectivity index (χ1n) is 11.9. The monoisotopic (exact) mass is 434 g/mol. The molecule has 3 heterocycles. The lowest BCUT2D eigenvalue weighted by atomic mass is 9.76. The fourth-order valence-electron chi connectivity index (χ4n) is 7.02. The Bertz CT molecular complexity index is 1560. The fraction of sp³-hybridized carbons (Fsp3) is 0.310. The standard InChI is InChI=1S/C29H26N2S/c1-30-13-11-24-22-5-3-19-18(20(22)7-9-26(24)30)4-6-23-21(19)8-10-27-25(23)15-28(31(27)2)29-16-17(29)12-14-32-29/h3,5,7,9,11-15,17H,4,6,8,10,16H2,1-2H3. The van der Waals surface area contributed by atoms with Crippen molar-refractivity contribution >= 4 is 44.6 Å². The Morgan fingerprint density at radius 2 is 1.72 bits per heavy atom. The Kier molecular flexibility index (Phi) is 3.25. The second-order valence-corrected chi connectivity index (χ2v) is 11.4. The Labute approximate surface area is 192 Å². The minimum atomic E-state index is 0.344. The molecule has 1 saturated carbocycles. The molecule has 2 atom stereocenters. The number of aryl methyl sites for hydroxylation is 2. The normalized spacial score (nSPS) is 25.2. The average Bonchev–Trinajstić information content (AvgIpc) is 3.10. The van der Waals surface area contributed by atoms with Crippen LogP contribution in [-0.2, 0) is 31.7 Å². The fourth-order valence-corrected chi connectivity index (χ4v) is 8.38. The molecular weight excluding hydrogens is 408 g/mol. The first kappa shape index (κ1) is 17.9. The number of benzene rings is 2. The van der Waals surface area contributed by atoms with E-state index in [0.29, 0.717) is 4.75 Å². The molecule has 0 spiro atoms. The Morgan fingerprint density at radius 1 is 0.875 bits per heavy atom. The average molecular weight is 435 g/mol. The summed E-state index contributed by atoms with van der Waals surface area (Å²) < 4.78 is 5.13. The number of fused-ring (bicyclic) bond motifs is 9. The molecule has 3 aliphatic carbocycles. The maximum absolute atomic E-state index is 2.57. The van der Waals surface area contributed by atoms with Gasteiger partial charge in [-0.05, 0) is 100 Å². The summed E-state index contributed by atoms with van der Waals surface area (Å²) in [6, 6.07) is 14.3. The van der Waals surface area contributed by atoms with Gasteiger partial charge in [-0.3, -0.25) is 0 Å². The summed E-state index contributed by atoms with van der Waals surface area (Å²) >= 11 is 2.05. The van der Waals surface area contributed by atoms with Crippen LogP contribution in [0.25, 0.3) is 32.8 Å². The van der Waals surface area contributed by atoms with Crippen LogP contribution in [0.1, 0.15) is 47.3 Å². The van der Waals surface area contributed by atoms with Crippen molar-refractivity contribution in [1.29, 1.82) is 0 Å². The van der Waals surface area contributed by atoms with Crippen molar-refractivity contribution < 1.29 is 0 Å². The molecule has 3 heteroatoms. The number of hydrogen-bond donors (Lipinski definition) is 0. The summed E-state index contributed by atoms with van der Waals surface area (Å²) in [6.45, 7) is 0. The van der Waals surface area contributed by atoms with Gasteiger partial charge in [-0.15, -0.1) is 11.8 Å². The maximum Gasteiger partial charge on any atom is 0.0670 e. The highest BCUT2D eigenvalue weighted by molar-refractivity contribution is 8.03. The van der Waals surface area contributed by atoms with Gasteiger partial charge >= 0.3 is 0 Å². The van der Waals surface area contributed by atoms with Gasteiger partial charge in [0, 0.05) is 42.6 Å². The molecule has 2 unspecified atom stereocenters. The quantitative estimate of drug-likeness (QED) is 0.315. The Morgan fingerprint density at radius 3 is 2.56 bits per heavy atom. The molecule has 0 N–H and O–H groups in total. The van der Waals surface area contributed by atoms with Crippen LogP contribution in [0.4, 0.5) is 0 Å². The summed E-state index contributed by atoms with van der Waals surface area (Å²) in [6.07, 6.45) is 10.6. The molecule has 0 amide bonds. The lowest BCUT2D eigenvalue weighted by molar-refractivity contribution is 0.731. The topological polar surface area (TPSA) is 9.86 Å². The predicted octanol–water partition coefficient (Wildman–Crippen LogP) is 6.95. The van der Waals surface area contributed by atoms with E-state index in [9.17, 15) is 0 Å². The zero-order valence-electron chi connectivity index (χ0n) is 18.6. The summed E-state index contributed by atoms with van der Waals surface area (Å²) in [4.78, 5) is 0. The van der Waals surface area contributed by atoms with Crippen LogP contribution in [0.5, 0.6) is 0 Å². The van der Waals surface area contributed by atoms with Crippen LogP contribution in [0.15, 0.2) is 54.1 Å². The van der Waals surface area contributed by atoms with E-state index in [1.54, 1.807) is 33.7 Å². The van der Waals surface area contributed by atoms with Crippen LogP contribution in [0.2, 0.25) is 0 Å². The highest BCUT2D eigenvalue weighted by atomic mass is 32.2. The van der Waals surface area contributed by atoms with E-state index < -0.39 is 0 Å². The lowest BCUT2D eigenvalue weighted by Gasteiger charge is -2.29. The molecule has 0 saturated heterocycles. The molecule has 0 radical (unpaired) electrons. The highest BCUT2D eigenvalue weighted by Crippen LogP contribution is 2.67. The maximum atomic E-state index is 2.57. The molecule has 4 aliphatic rings. The Balaban J connectivity index is 1.31. The van der Waals surface area contributed by atoms with Gasteiger partial charge in [0.15, 0.2) is 0 Å². The Hall–Kier alpha value is -2.65. The molecule has 1 fully saturated rings. The second-order valence-electron chi connectivity index (χ2n) is 10.2. The summed E-state index contributed by atoms with van der Waals surface area (Å²) in [5.74, 6) is 0.754. The van der Waals surface area contributed by atoms with E-state index in [0.717, 1.165) is 12.3 Å². The molecule has 1 aliphatic heterocycles. The number of allylic oxidation sites excluding steroid dienone is 3. The smallest absolute Gasteiger partial charge is 0.0670 e. The van der Waals surface area contributed by atoms with Crippen LogP contribution in [-0.4, -0.2) is 9.13 Å². The number of nitrogens with zero attached hydrogens (tertiary/aromatic N) is 2. The molecule has 2 aromatic heterocycles. The van der Waals surface area contributed by atoms with E-state index in [4.69, 9.17) is 0 Å². The highest BCUT2D eigenvalue weighted by Gasteiger charge is 2.58. The third kappa shape index (κ3) is 2.05. The van der Waals surface area contributed by atoms with Gasteiger partial charge in [0.25, 0.3) is 0 Å². The van der Waals surface area contributed by atoms with Crippen molar-refractivity contribution in [3.8, 4) is 0 Å². The number of thioether (sulfide) groups is 1. The van der Waals surface area contributed by atoms with Crippen molar-refractivity contribution in [2.24, 2.45) is 20.0 Å². The third-order valence-electron chi connectivity index (χ3n) is 8.77. The third-order valence-corrected chi connectivity index (χ3v) is 10.2. The predicted molar refractivity (Wildman–Crippen MR) is 136 cm³/mol. The van der Waals surface area contributed by atoms with Crippen molar-refractivity contribution in [3.05, 3.63) is 82.2 Å². The minimum absolute atomic E-state index is 0.344. The molecule has 32 heavy (non-hydrogen) atoms. The molecule has 2 aromatic carbocycles. The van der Waals surface area contributed by atoms with E-state index >= 15 is 0 Å². The van der Waals surface area contributed by atoms with Gasteiger partial charge in [0.1, 0.15) is 0 Å². The van der Waals surface area contributed by atoms with Crippen LogP contribution < -0.4 is 0 Å². The molecule has 2 nitrogen and oxygen atoms in total.